The van der Waals surface area contributed by atoms with Gasteiger partial charge < -0.3 is 0 Å². The number of aryl methyl sites for hydroxylation is 2. The van der Waals surface area contributed by atoms with Gasteiger partial charge >= 0.3 is 0 Å². The Hall–Kier alpha value is -1.71. The summed E-state index contributed by atoms with van der Waals surface area (Å²) in [6.45, 7) is 7.87. The zero-order valence-electron chi connectivity index (χ0n) is 14.6. The monoisotopic (exact) mass is 321 g/mol. The number of pyridine rings is 1. The highest BCUT2D eigenvalue weighted by Crippen LogP contribution is 2.25. The predicted molar refractivity (Wildman–Crippen MR) is 98.1 cm³/mol. The van der Waals surface area contributed by atoms with E-state index in [1.165, 1.54) is 43.6 Å². The highest BCUT2D eigenvalue weighted by atomic mass is 15.3. The van der Waals surface area contributed by atoms with E-state index in [4.69, 9.17) is 0 Å². The van der Waals surface area contributed by atoms with Crippen molar-refractivity contribution in [3.63, 3.8) is 0 Å². The Morgan fingerprint density at radius 2 is 1.79 bits per heavy atom. The minimum absolute atomic E-state index is 0.735. The van der Waals surface area contributed by atoms with Crippen LogP contribution in [0.2, 0.25) is 0 Å². The topological polar surface area (TPSA) is 19.4 Å². The smallest absolute Gasteiger partial charge is 0.0573 e. The molecule has 1 aliphatic carbocycles. The van der Waals surface area contributed by atoms with Crippen molar-refractivity contribution in [1.29, 1.82) is 0 Å². The molecule has 1 aliphatic heterocycles. The Bertz CT molecular complexity index is 689. The first-order chi connectivity index (χ1) is 11.8. The molecule has 0 radical (unpaired) electrons. The molecule has 0 N–H and O–H groups in total. The van der Waals surface area contributed by atoms with Crippen molar-refractivity contribution >= 4 is 0 Å². The molecule has 1 aromatic carbocycles. The molecule has 0 spiro atoms. The Morgan fingerprint density at radius 3 is 2.58 bits per heavy atom. The van der Waals surface area contributed by atoms with E-state index < -0.39 is 0 Å². The fraction of sp³-hybridized carbons (Fsp3) is 0.476. The fourth-order valence-electron chi connectivity index (χ4n) is 4.17. The molecule has 4 rings (SSSR count). The second-order valence-corrected chi connectivity index (χ2v) is 7.24. The van der Waals surface area contributed by atoms with Gasteiger partial charge in [-0.1, -0.05) is 30.3 Å². The average Bonchev–Trinajstić information content (AvgIpc) is 2.64. The minimum atomic E-state index is 0.735. The molecule has 2 aliphatic rings. The van der Waals surface area contributed by atoms with Crippen molar-refractivity contribution in [3.8, 4) is 0 Å². The predicted octanol–water partition coefficient (Wildman–Crippen LogP) is 3.07. The molecular weight excluding hydrogens is 294 g/mol. The molecule has 24 heavy (non-hydrogen) atoms. The lowest BCUT2D eigenvalue weighted by atomic mass is 9.87. The molecule has 1 aromatic heterocycles. The molecule has 3 heteroatoms. The van der Waals surface area contributed by atoms with Crippen molar-refractivity contribution in [2.75, 3.05) is 26.2 Å². The Balaban J connectivity index is 1.33. The van der Waals surface area contributed by atoms with Crippen LogP contribution in [0.15, 0.2) is 42.6 Å². The number of aromatic nitrogens is 1. The summed E-state index contributed by atoms with van der Waals surface area (Å²) >= 11 is 0. The molecular formula is C21H27N3. The molecule has 2 heterocycles. The zero-order valence-corrected chi connectivity index (χ0v) is 14.6. The molecule has 0 unspecified atom stereocenters. The lowest BCUT2D eigenvalue weighted by Gasteiger charge is -2.41. The maximum Gasteiger partial charge on any atom is 0.0573 e. The third-order valence-corrected chi connectivity index (χ3v) is 5.74. The van der Waals surface area contributed by atoms with E-state index in [1.54, 1.807) is 11.1 Å². The second kappa shape index (κ2) is 7.04. The molecule has 3 nitrogen and oxygen atoms in total. The average molecular weight is 321 g/mol. The van der Waals surface area contributed by atoms with Crippen LogP contribution in [0.1, 0.15) is 28.8 Å². The molecule has 1 atom stereocenters. The van der Waals surface area contributed by atoms with Crippen molar-refractivity contribution in [2.24, 2.45) is 0 Å². The maximum atomic E-state index is 4.55. The van der Waals surface area contributed by atoms with Gasteiger partial charge in [0.1, 0.15) is 0 Å². The summed E-state index contributed by atoms with van der Waals surface area (Å²) in [4.78, 5) is 9.83. The summed E-state index contributed by atoms with van der Waals surface area (Å²) in [5.41, 5.74) is 5.68. The van der Waals surface area contributed by atoms with Crippen LogP contribution in [0.4, 0.5) is 0 Å². The third kappa shape index (κ3) is 3.38. The maximum absolute atomic E-state index is 4.55. The van der Waals surface area contributed by atoms with E-state index in [0.29, 0.717) is 0 Å². The SMILES string of the molecule is Cc1cccnc1CN1CCN([C@@H]2CCc3ccccc3C2)CC1. The van der Waals surface area contributed by atoms with Crippen molar-refractivity contribution < 1.29 is 0 Å². The molecule has 0 bridgehead atoms. The Morgan fingerprint density at radius 1 is 1.00 bits per heavy atom. The number of rotatable bonds is 3. The van der Waals surface area contributed by atoms with Gasteiger partial charge in [0.15, 0.2) is 0 Å². The lowest BCUT2D eigenvalue weighted by Crippen LogP contribution is -2.51. The first-order valence-corrected chi connectivity index (χ1v) is 9.23. The van der Waals surface area contributed by atoms with Gasteiger partial charge in [-0.2, -0.15) is 0 Å². The van der Waals surface area contributed by atoms with Crippen LogP contribution in [0, 0.1) is 6.92 Å². The molecule has 126 valence electrons. The number of piperazine rings is 1. The molecule has 0 saturated carbocycles. The van der Waals surface area contributed by atoms with Crippen LogP contribution in [0.5, 0.6) is 0 Å². The van der Waals surface area contributed by atoms with Gasteiger partial charge in [-0.25, -0.2) is 0 Å². The number of hydrogen-bond donors (Lipinski definition) is 0. The van der Waals surface area contributed by atoms with Crippen LogP contribution >= 0.6 is 0 Å². The number of fused-ring (bicyclic) bond motifs is 1. The van der Waals surface area contributed by atoms with Gasteiger partial charge in [0.2, 0.25) is 0 Å². The molecule has 1 fully saturated rings. The highest BCUT2D eigenvalue weighted by molar-refractivity contribution is 5.30. The van der Waals surface area contributed by atoms with Gasteiger partial charge in [0, 0.05) is 45.0 Å². The van der Waals surface area contributed by atoms with Gasteiger partial charge in [-0.3, -0.25) is 14.8 Å². The largest absolute Gasteiger partial charge is 0.298 e. The first-order valence-electron chi connectivity index (χ1n) is 9.23. The summed E-state index contributed by atoms with van der Waals surface area (Å²) < 4.78 is 0. The fourth-order valence-corrected chi connectivity index (χ4v) is 4.17. The molecule has 1 saturated heterocycles. The summed E-state index contributed by atoms with van der Waals surface area (Å²) in [6, 6.07) is 13.9. The molecule has 2 aromatic rings. The van der Waals surface area contributed by atoms with Crippen molar-refractivity contribution in [3.05, 3.63) is 65.0 Å². The van der Waals surface area contributed by atoms with Gasteiger partial charge in [0.05, 0.1) is 5.69 Å². The Kier molecular flexibility index (Phi) is 4.63. The van der Waals surface area contributed by atoms with Crippen LogP contribution in [-0.2, 0) is 19.4 Å². The van der Waals surface area contributed by atoms with E-state index in [2.05, 4.69) is 52.0 Å². The summed E-state index contributed by atoms with van der Waals surface area (Å²) in [5, 5.41) is 0. The summed E-state index contributed by atoms with van der Waals surface area (Å²) in [5.74, 6) is 0. The van der Waals surface area contributed by atoms with Gasteiger partial charge in [-0.05, 0) is 48.9 Å². The summed E-state index contributed by atoms with van der Waals surface area (Å²) in [7, 11) is 0. The second-order valence-electron chi connectivity index (χ2n) is 7.24. The van der Waals surface area contributed by atoms with E-state index >= 15 is 0 Å². The van der Waals surface area contributed by atoms with Crippen LogP contribution in [-0.4, -0.2) is 47.0 Å². The number of hydrogen-bond acceptors (Lipinski definition) is 3. The Labute approximate surface area is 145 Å². The molecule has 0 amide bonds. The summed E-state index contributed by atoms with van der Waals surface area (Å²) in [6.07, 6.45) is 5.71. The number of nitrogens with zero attached hydrogens (tertiary/aromatic N) is 3. The highest BCUT2D eigenvalue weighted by Gasteiger charge is 2.27. The lowest BCUT2D eigenvalue weighted by molar-refractivity contribution is 0.0848. The standard InChI is InChI=1S/C21H27N3/c1-17-5-4-10-22-21(17)16-23-11-13-24(14-12-23)20-9-8-18-6-2-3-7-19(18)15-20/h2-7,10,20H,8-9,11-16H2,1H3/t20-/m1/s1. The van der Waals surface area contributed by atoms with Gasteiger partial charge in [-0.15, -0.1) is 0 Å². The van der Waals surface area contributed by atoms with E-state index in [-0.39, 0.29) is 0 Å². The normalized spacial score (nSPS) is 22.3. The van der Waals surface area contributed by atoms with Crippen LogP contribution < -0.4 is 0 Å². The zero-order chi connectivity index (χ0) is 16.4. The number of benzene rings is 1. The van der Waals surface area contributed by atoms with Crippen LogP contribution in [0.3, 0.4) is 0 Å². The van der Waals surface area contributed by atoms with E-state index in [1.807, 2.05) is 12.3 Å². The quantitative estimate of drug-likeness (QED) is 0.866. The van der Waals surface area contributed by atoms with E-state index in [0.717, 1.165) is 25.7 Å². The minimum Gasteiger partial charge on any atom is -0.298 e. The third-order valence-electron chi connectivity index (χ3n) is 5.74. The first kappa shape index (κ1) is 15.8. The van der Waals surface area contributed by atoms with Crippen LogP contribution in [0.25, 0.3) is 0 Å². The van der Waals surface area contributed by atoms with Crippen molar-refractivity contribution in [1.82, 2.24) is 14.8 Å². The van der Waals surface area contributed by atoms with E-state index in [9.17, 15) is 0 Å². The van der Waals surface area contributed by atoms with Crippen molar-refractivity contribution in [2.45, 2.75) is 38.8 Å². The van der Waals surface area contributed by atoms with Gasteiger partial charge in [0.25, 0.3) is 0 Å².